The predicted molar refractivity (Wildman–Crippen MR) is 176 cm³/mol. The van der Waals surface area contributed by atoms with Crippen molar-refractivity contribution in [2.24, 2.45) is 0 Å². The van der Waals surface area contributed by atoms with Crippen LogP contribution in [0.5, 0.6) is 0 Å². The number of benzene rings is 2. The Bertz CT molecular complexity index is 1080. The largest absolute Gasteiger partial charge is 0.385 e. The predicted octanol–water partition coefficient (Wildman–Crippen LogP) is 2.79. The first-order valence-corrected chi connectivity index (χ1v) is 21.1. The van der Waals surface area contributed by atoms with Crippen LogP contribution < -0.4 is 0 Å². The Kier molecular flexibility index (Phi) is 16.0. The number of aliphatic hydroxyl groups is 8. The first kappa shape index (κ1) is 37.3. The Morgan fingerprint density at radius 1 is 0.432 bits per heavy atom. The fraction of sp³-hybridized carbons (Fsp3) is 0.533. The summed E-state index contributed by atoms with van der Waals surface area (Å²) in [5.41, 5.74) is 2.27. The van der Waals surface area contributed by atoms with Gasteiger partial charge in [-0.25, -0.2) is 0 Å². The van der Waals surface area contributed by atoms with E-state index in [9.17, 15) is 40.9 Å². The summed E-state index contributed by atoms with van der Waals surface area (Å²) >= 11 is 0. The Morgan fingerprint density at radius 3 is 0.932 bits per heavy atom. The molecule has 240 valence electrons. The maximum atomic E-state index is 10.6. The van der Waals surface area contributed by atoms with Gasteiger partial charge in [0.25, 0.3) is 0 Å². The van der Waals surface area contributed by atoms with Gasteiger partial charge >= 0.3 is 0 Å². The fourth-order valence-corrected chi connectivity index (χ4v) is 17.2. The van der Waals surface area contributed by atoms with Crippen LogP contribution in [0.15, 0.2) is 60.7 Å². The molecule has 8 atom stereocenters. The zero-order valence-electron chi connectivity index (χ0n) is 24.3. The number of hydrogen-bond acceptors (Lipinski definition) is 10. The lowest BCUT2D eigenvalue weighted by Crippen LogP contribution is -2.42. The van der Waals surface area contributed by atoms with Gasteiger partial charge < -0.3 is 40.9 Å². The summed E-state index contributed by atoms with van der Waals surface area (Å²) in [7, 11) is -5.32. The zero-order valence-corrected chi connectivity index (χ0v) is 27.9. The minimum absolute atomic E-state index is 0.176. The molecule has 2 heterocycles. The van der Waals surface area contributed by atoms with E-state index in [0.29, 0.717) is 24.6 Å². The van der Waals surface area contributed by atoms with Crippen LogP contribution in [0, 0.1) is 22.7 Å². The summed E-state index contributed by atoms with van der Waals surface area (Å²) in [4.78, 5) is 0. The van der Waals surface area contributed by atoms with E-state index in [-0.39, 0.29) is 12.8 Å². The number of rotatable bonds is 10. The lowest BCUT2D eigenvalue weighted by Gasteiger charge is -2.44. The minimum atomic E-state index is -1.40. The Balaban J connectivity index is 0.000000259. The fourth-order valence-electron chi connectivity index (χ4n) is 5.22. The third-order valence-corrected chi connectivity index (χ3v) is 19.3. The van der Waals surface area contributed by atoms with E-state index in [4.69, 9.17) is 10.5 Å². The van der Waals surface area contributed by atoms with Crippen molar-refractivity contribution >= 4 is 31.7 Å². The smallest absolute Gasteiger partial charge is 0.105 e. The highest BCUT2D eigenvalue weighted by atomic mass is 31.1. The lowest BCUT2D eigenvalue weighted by molar-refractivity contribution is 0.0782. The second-order valence-corrected chi connectivity index (χ2v) is 20.7. The van der Waals surface area contributed by atoms with Crippen LogP contribution in [0.3, 0.4) is 0 Å². The molecule has 8 N–H and O–H groups in total. The van der Waals surface area contributed by atoms with E-state index < -0.39 is 78.4 Å². The maximum Gasteiger partial charge on any atom is 0.105 e. The molecular formula is C30H42N2O8P4. The normalized spacial score (nSPS) is 35.0. The van der Waals surface area contributed by atoms with Gasteiger partial charge in [-0.2, -0.15) is 10.5 Å². The molecule has 0 amide bonds. The van der Waals surface area contributed by atoms with Gasteiger partial charge in [-0.3, -0.25) is 0 Å². The second-order valence-electron chi connectivity index (χ2n) is 10.5. The van der Waals surface area contributed by atoms with Gasteiger partial charge in [-0.05, 0) is 80.3 Å². The highest BCUT2D eigenvalue weighted by molar-refractivity contribution is 7.67. The average molecular weight is 683 g/mol. The average Bonchev–Trinajstić information content (AvgIpc) is 3.04. The molecule has 2 aliphatic rings. The zero-order chi connectivity index (χ0) is 32.2. The molecule has 2 aromatic carbocycles. The van der Waals surface area contributed by atoms with Gasteiger partial charge in [0.1, 0.15) is 46.8 Å². The molecule has 0 spiro atoms. The number of nitrogens with zero attached hydrogens (tertiary/aromatic N) is 2. The third kappa shape index (κ3) is 9.91. The number of aliphatic hydroxyl groups excluding tert-OH is 8. The van der Waals surface area contributed by atoms with Crippen molar-refractivity contribution in [2.75, 3.05) is 24.6 Å². The van der Waals surface area contributed by atoms with Crippen LogP contribution in [0.25, 0.3) is 0 Å². The van der Waals surface area contributed by atoms with Crippen molar-refractivity contribution < 1.29 is 40.9 Å². The van der Waals surface area contributed by atoms with Crippen LogP contribution >= 0.6 is 31.7 Å². The Morgan fingerprint density at radius 2 is 0.682 bits per heavy atom. The van der Waals surface area contributed by atoms with Crippen molar-refractivity contribution in [3.63, 3.8) is 0 Å². The van der Waals surface area contributed by atoms with Crippen LogP contribution in [0.4, 0.5) is 0 Å². The van der Waals surface area contributed by atoms with Crippen LogP contribution in [0.2, 0.25) is 0 Å². The summed E-state index contributed by atoms with van der Waals surface area (Å²) in [5, 5.41) is 99.2. The standard InChI is InChI=1S/C20H26O4P2.C10H16N2O4P2/c21-17-19(23)26(14-12-16-9-5-2-6-10-16)20(24)18(22)25(17)13-11-15-7-3-1-4-8-15;11-3-1-5-17-7(13)9(15)18(6-2-4-12)10(16)8(17)14/h1-10,17-24H,11-14H2;7-10,13-16H,1-2,5-6H2. The summed E-state index contributed by atoms with van der Waals surface area (Å²) in [5.74, 6) is -8.09. The highest BCUT2D eigenvalue weighted by Gasteiger charge is 2.48. The molecule has 0 bridgehead atoms. The molecule has 4 rings (SSSR count). The molecule has 14 heteroatoms. The van der Waals surface area contributed by atoms with E-state index >= 15 is 0 Å². The van der Waals surface area contributed by atoms with Crippen molar-refractivity contribution in [2.45, 2.75) is 72.4 Å². The lowest BCUT2D eigenvalue weighted by atomic mass is 10.2. The Labute approximate surface area is 263 Å². The van der Waals surface area contributed by atoms with Gasteiger partial charge in [0, 0.05) is 12.8 Å². The minimum Gasteiger partial charge on any atom is -0.385 e. The first-order chi connectivity index (χ1) is 21.1. The summed E-state index contributed by atoms with van der Waals surface area (Å²) in [6.07, 6.45) is 3.58. The van der Waals surface area contributed by atoms with E-state index in [1.807, 2.05) is 72.8 Å². The summed E-state index contributed by atoms with van der Waals surface area (Å²) < 4.78 is 0. The maximum absolute atomic E-state index is 10.6. The Hall–Kier alpha value is -1.18. The van der Waals surface area contributed by atoms with Crippen molar-refractivity contribution in [1.29, 1.82) is 10.5 Å². The van der Waals surface area contributed by atoms with E-state index in [1.165, 1.54) is 0 Å². The molecule has 8 unspecified atom stereocenters. The molecule has 0 aliphatic carbocycles. The van der Waals surface area contributed by atoms with Gasteiger partial charge in [0.2, 0.25) is 0 Å². The number of hydrogen-bond donors (Lipinski definition) is 8. The van der Waals surface area contributed by atoms with E-state index in [2.05, 4.69) is 0 Å². The van der Waals surface area contributed by atoms with Crippen LogP contribution in [0.1, 0.15) is 24.0 Å². The molecule has 2 aromatic rings. The molecule has 44 heavy (non-hydrogen) atoms. The van der Waals surface area contributed by atoms with Crippen LogP contribution in [-0.2, 0) is 12.8 Å². The molecule has 2 fully saturated rings. The molecule has 2 saturated heterocycles. The van der Waals surface area contributed by atoms with E-state index in [1.54, 1.807) is 0 Å². The van der Waals surface area contributed by atoms with Crippen LogP contribution in [-0.4, -0.2) is 112 Å². The second kappa shape index (κ2) is 18.8. The van der Waals surface area contributed by atoms with Crippen molar-refractivity contribution in [3.8, 4) is 12.1 Å². The van der Waals surface area contributed by atoms with Crippen molar-refractivity contribution in [1.82, 2.24) is 0 Å². The third-order valence-electron chi connectivity index (χ3n) is 7.75. The SMILES string of the molecule is N#CCCP1C(O)C(O)P(CCC#N)C(O)C1O.OC1C(O)P(CCc2ccccc2)C(O)C(O)P1CCc1ccccc1. The molecular weight excluding hydrogens is 640 g/mol. The molecule has 2 aliphatic heterocycles. The summed E-state index contributed by atoms with van der Waals surface area (Å²) in [6.45, 7) is 0. The van der Waals surface area contributed by atoms with Gasteiger partial charge in [-0.15, -0.1) is 0 Å². The molecule has 0 aromatic heterocycles. The van der Waals surface area contributed by atoms with Crippen molar-refractivity contribution in [3.05, 3.63) is 71.8 Å². The molecule has 0 saturated carbocycles. The summed E-state index contributed by atoms with van der Waals surface area (Å²) in [6, 6.07) is 23.6. The number of aryl methyl sites for hydroxylation is 2. The molecule has 0 radical (unpaired) electrons. The quantitative estimate of drug-likeness (QED) is 0.172. The highest BCUT2D eigenvalue weighted by Crippen LogP contribution is 2.65. The van der Waals surface area contributed by atoms with E-state index in [0.717, 1.165) is 24.0 Å². The van der Waals surface area contributed by atoms with Gasteiger partial charge in [0.05, 0.1) is 12.1 Å². The first-order valence-electron chi connectivity index (χ1n) is 14.4. The molecule has 10 nitrogen and oxygen atoms in total. The van der Waals surface area contributed by atoms with Gasteiger partial charge in [-0.1, -0.05) is 60.7 Å². The van der Waals surface area contributed by atoms with Gasteiger partial charge in [0.15, 0.2) is 0 Å². The topological polar surface area (TPSA) is 209 Å². The number of nitriles is 2. The monoisotopic (exact) mass is 682 g/mol.